The van der Waals surface area contributed by atoms with Crippen molar-refractivity contribution in [3.63, 3.8) is 0 Å². The first-order valence-corrected chi connectivity index (χ1v) is 6.93. The van der Waals surface area contributed by atoms with Crippen molar-refractivity contribution in [1.29, 1.82) is 0 Å². The van der Waals surface area contributed by atoms with Crippen LogP contribution in [0.2, 0.25) is 5.02 Å². The van der Waals surface area contributed by atoms with E-state index >= 15 is 0 Å². The number of rotatable bonds is 6. The van der Waals surface area contributed by atoms with Crippen molar-refractivity contribution in [3.05, 3.63) is 34.9 Å². The van der Waals surface area contributed by atoms with Gasteiger partial charge in [-0.05, 0) is 23.6 Å². The molecule has 1 aromatic carbocycles. The highest BCUT2D eigenvalue weighted by molar-refractivity contribution is 6.30. The van der Waals surface area contributed by atoms with Gasteiger partial charge in [0.1, 0.15) is 0 Å². The molecule has 0 aliphatic carbocycles. The van der Waals surface area contributed by atoms with Gasteiger partial charge < -0.3 is 10.0 Å². The second-order valence-electron chi connectivity index (χ2n) is 5.18. The molecule has 1 atom stereocenters. The maximum Gasteiger partial charge on any atom is 0.305 e. The van der Waals surface area contributed by atoms with Crippen LogP contribution in [-0.4, -0.2) is 35.5 Å². The van der Waals surface area contributed by atoms with Gasteiger partial charge in [0.15, 0.2) is 0 Å². The molecule has 0 aliphatic heterocycles. The fourth-order valence-electron chi connectivity index (χ4n) is 2.12. The summed E-state index contributed by atoms with van der Waals surface area (Å²) >= 11 is 5.98. The molecule has 20 heavy (non-hydrogen) atoms. The average molecular weight is 298 g/mol. The minimum Gasteiger partial charge on any atom is -0.481 e. The largest absolute Gasteiger partial charge is 0.481 e. The molecule has 0 radical (unpaired) electrons. The molecule has 0 aromatic heterocycles. The van der Waals surface area contributed by atoms with Crippen LogP contribution in [0.4, 0.5) is 0 Å². The van der Waals surface area contributed by atoms with Gasteiger partial charge in [-0.3, -0.25) is 9.59 Å². The molecule has 1 aromatic rings. The number of carboxylic acid groups (broad SMARTS) is 1. The Kier molecular flexibility index (Phi) is 6.02. The summed E-state index contributed by atoms with van der Waals surface area (Å²) in [6.45, 7) is 4.14. The van der Waals surface area contributed by atoms with E-state index in [1.54, 1.807) is 19.2 Å². The molecule has 110 valence electrons. The lowest BCUT2D eigenvalue weighted by Crippen LogP contribution is -2.35. The highest BCUT2D eigenvalue weighted by Crippen LogP contribution is 2.28. The third-order valence-corrected chi connectivity index (χ3v) is 3.41. The van der Waals surface area contributed by atoms with Crippen LogP contribution < -0.4 is 0 Å². The Morgan fingerprint density at radius 3 is 2.50 bits per heavy atom. The highest BCUT2D eigenvalue weighted by atomic mass is 35.5. The first kappa shape index (κ1) is 16.5. The Morgan fingerprint density at radius 1 is 1.35 bits per heavy atom. The van der Waals surface area contributed by atoms with Crippen LogP contribution in [0.3, 0.4) is 0 Å². The summed E-state index contributed by atoms with van der Waals surface area (Å²) in [5, 5.41) is 9.28. The van der Waals surface area contributed by atoms with Crippen LogP contribution >= 0.6 is 11.6 Å². The number of hydrogen-bond donors (Lipinski definition) is 1. The van der Waals surface area contributed by atoms with E-state index in [9.17, 15) is 9.59 Å². The van der Waals surface area contributed by atoms with Crippen LogP contribution in [0.5, 0.6) is 0 Å². The predicted molar refractivity (Wildman–Crippen MR) is 78.9 cm³/mol. The molecule has 0 saturated heterocycles. The van der Waals surface area contributed by atoms with E-state index in [2.05, 4.69) is 0 Å². The van der Waals surface area contributed by atoms with Gasteiger partial charge in [0, 0.05) is 18.6 Å². The van der Waals surface area contributed by atoms with Crippen molar-refractivity contribution in [2.75, 3.05) is 13.6 Å². The monoisotopic (exact) mass is 297 g/mol. The van der Waals surface area contributed by atoms with Gasteiger partial charge in [-0.1, -0.05) is 37.6 Å². The number of nitrogens with zero attached hydrogens (tertiary/aromatic N) is 1. The molecule has 1 rings (SSSR count). The van der Waals surface area contributed by atoms with E-state index in [1.807, 2.05) is 26.0 Å². The lowest BCUT2D eigenvalue weighted by molar-refractivity contribution is -0.138. The van der Waals surface area contributed by atoms with Gasteiger partial charge in [-0.2, -0.15) is 0 Å². The minimum absolute atomic E-state index is 0.0530. The SMILES string of the molecule is CC(C)C(C(=O)N(C)CCC(=O)O)c1cccc(Cl)c1. The van der Waals surface area contributed by atoms with Crippen molar-refractivity contribution < 1.29 is 14.7 Å². The zero-order valence-corrected chi connectivity index (χ0v) is 12.7. The van der Waals surface area contributed by atoms with Crippen molar-refractivity contribution in [2.24, 2.45) is 5.92 Å². The predicted octanol–water partition coefficient (Wildman–Crippen LogP) is 3.01. The minimum atomic E-state index is -0.909. The van der Waals surface area contributed by atoms with Gasteiger partial charge in [-0.25, -0.2) is 0 Å². The summed E-state index contributed by atoms with van der Waals surface area (Å²) in [7, 11) is 1.63. The molecular weight excluding hydrogens is 278 g/mol. The second kappa shape index (κ2) is 7.29. The summed E-state index contributed by atoms with van der Waals surface area (Å²) in [5.74, 6) is -1.20. The molecule has 1 amide bonds. The third-order valence-electron chi connectivity index (χ3n) is 3.18. The molecule has 0 saturated carbocycles. The lowest BCUT2D eigenvalue weighted by Gasteiger charge is -2.26. The summed E-state index contributed by atoms with van der Waals surface area (Å²) in [6, 6.07) is 7.24. The zero-order valence-electron chi connectivity index (χ0n) is 12.0. The first-order valence-electron chi connectivity index (χ1n) is 6.55. The zero-order chi connectivity index (χ0) is 15.3. The van der Waals surface area contributed by atoms with Gasteiger partial charge in [0.25, 0.3) is 0 Å². The number of amides is 1. The van der Waals surface area contributed by atoms with Crippen LogP contribution in [0.1, 0.15) is 31.7 Å². The molecule has 4 nitrogen and oxygen atoms in total. The van der Waals surface area contributed by atoms with Crippen molar-refractivity contribution >= 4 is 23.5 Å². The summed E-state index contributed by atoms with van der Waals surface area (Å²) in [6.07, 6.45) is -0.0530. The van der Waals surface area contributed by atoms with Crippen LogP contribution in [-0.2, 0) is 9.59 Å². The van der Waals surface area contributed by atoms with Gasteiger partial charge in [0.05, 0.1) is 12.3 Å². The molecule has 1 N–H and O–H groups in total. The second-order valence-corrected chi connectivity index (χ2v) is 5.62. The number of hydrogen-bond acceptors (Lipinski definition) is 2. The fraction of sp³-hybridized carbons (Fsp3) is 0.467. The third kappa shape index (κ3) is 4.53. The molecular formula is C15H20ClNO3. The van der Waals surface area contributed by atoms with E-state index < -0.39 is 5.97 Å². The summed E-state index contributed by atoms with van der Waals surface area (Å²) in [5.41, 5.74) is 0.861. The number of benzene rings is 1. The summed E-state index contributed by atoms with van der Waals surface area (Å²) < 4.78 is 0. The van der Waals surface area contributed by atoms with E-state index in [0.29, 0.717) is 5.02 Å². The van der Waals surface area contributed by atoms with Crippen LogP contribution in [0, 0.1) is 5.92 Å². The standard InChI is InChI=1S/C15H20ClNO3/c1-10(2)14(11-5-4-6-12(16)9-11)15(20)17(3)8-7-13(18)19/h4-6,9-10,14H,7-8H2,1-3H3,(H,18,19). The quantitative estimate of drug-likeness (QED) is 0.878. The van der Waals surface area contributed by atoms with Gasteiger partial charge >= 0.3 is 5.97 Å². The van der Waals surface area contributed by atoms with E-state index in [0.717, 1.165) is 5.56 Å². The number of carboxylic acids is 1. The fourth-order valence-corrected chi connectivity index (χ4v) is 2.32. The van der Waals surface area contributed by atoms with E-state index in [-0.39, 0.29) is 30.7 Å². The van der Waals surface area contributed by atoms with E-state index in [1.165, 1.54) is 4.90 Å². The number of carbonyl (C=O) groups excluding carboxylic acids is 1. The molecule has 0 bridgehead atoms. The van der Waals surface area contributed by atoms with Crippen molar-refractivity contribution in [3.8, 4) is 0 Å². The number of halogens is 1. The molecule has 0 spiro atoms. The first-order chi connectivity index (χ1) is 9.32. The Morgan fingerprint density at radius 2 is 2.00 bits per heavy atom. The van der Waals surface area contributed by atoms with Crippen molar-refractivity contribution in [1.82, 2.24) is 4.90 Å². The van der Waals surface area contributed by atoms with Crippen LogP contribution in [0.15, 0.2) is 24.3 Å². The Balaban J connectivity index is 2.91. The smallest absolute Gasteiger partial charge is 0.305 e. The topological polar surface area (TPSA) is 57.6 Å². The maximum absolute atomic E-state index is 12.5. The molecule has 1 unspecified atom stereocenters. The summed E-state index contributed by atoms with van der Waals surface area (Å²) in [4.78, 5) is 24.6. The molecule has 0 aliphatic rings. The Bertz CT molecular complexity index is 488. The Hall–Kier alpha value is -1.55. The highest BCUT2D eigenvalue weighted by Gasteiger charge is 2.27. The molecule has 0 heterocycles. The number of likely N-dealkylation sites (N-methyl/N-ethyl adjacent to an activating group) is 1. The maximum atomic E-state index is 12.5. The lowest BCUT2D eigenvalue weighted by atomic mass is 9.87. The average Bonchev–Trinajstić information content (AvgIpc) is 2.35. The van der Waals surface area contributed by atoms with Crippen molar-refractivity contribution in [2.45, 2.75) is 26.2 Å². The number of carbonyl (C=O) groups is 2. The normalized spacial score (nSPS) is 12.2. The Labute approximate surface area is 124 Å². The molecule has 5 heteroatoms. The number of aliphatic carboxylic acids is 1. The van der Waals surface area contributed by atoms with Gasteiger partial charge in [-0.15, -0.1) is 0 Å². The molecule has 0 fully saturated rings. The van der Waals surface area contributed by atoms with Crippen LogP contribution in [0.25, 0.3) is 0 Å². The van der Waals surface area contributed by atoms with E-state index in [4.69, 9.17) is 16.7 Å². The van der Waals surface area contributed by atoms with Gasteiger partial charge in [0.2, 0.25) is 5.91 Å².